The van der Waals surface area contributed by atoms with Crippen LogP contribution in [-0.4, -0.2) is 58.3 Å². The third-order valence-electron chi connectivity index (χ3n) is 8.23. The topological polar surface area (TPSA) is 102 Å². The van der Waals surface area contributed by atoms with Crippen molar-refractivity contribution >= 4 is 11.9 Å². The fourth-order valence-electron chi connectivity index (χ4n) is 6.22. The molecule has 3 fully saturated rings. The molecule has 0 spiro atoms. The maximum atomic E-state index is 13.0. The molecule has 1 aromatic carbocycles. The van der Waals surface area contributed by atoms with E-state index in [-0.39, 0.29) is 23.6 Å². The summed E-state index contributed by atoms with van der Waals surface area (Å²) >= 11 is 0. The highest BCUT2D eigenvalue weighted by molar-refractivity contribution is 5.95. The molecule has 1 aliphatic heterocycles. The van der Waals surface area contributed by atoms with E-state index in [9.17, 15) is 19.8 Å². The summed E-state index contributed by atoms with van der Waals surface area (Å²) in [6.07, 6.45) is 4.72. The molecule has 1 heterocycles. The molecule has 0 bridgehead atoms. The van der Waals surface area contributed by atoms with Crippen molar-refractivity contribution in [2.24, 2.45) is 11.8 Å². The Bertz CT molecular complexity index is 886. The van der Waals surface area contributed by atoms with Crippen molar-refractivity contribution in [3.63, 3.8) is 0 Å². The Hall–Kier alpha value is -2.12. The molecule has 3 aliphatic rings. The first-order chi connectivity index (χ1) is 15.2. The molecule has 1 aromatic rings. The van der Waals surface area contributed by atoms with Crippen LogP contribution in [0.25, 0.3) is 0 Å². The normalized spacial score (nSPS) is 32.8. The van der Waals surface area contributed by atoms with Crippen LogP contribution >= 0.6 is 0 Å². The van der Waals surface area contributed by atoms with Gasteiger partial charge in [0.2, 0.25) is 5.91 Å². The maximum absolute atomic E-state index is 13.0. The number of carbonyl (C=O) groups excluding carboxylic acids is 2. The number of imide groups is 1. The van der Waals surface area contributed by atoms with Crippen LogP contribution in [0.1, 0.15) is 63.5 Å². The Morgan fingerprint density at radius 2 is 1.97 bits per heavy atom. The molecule has 2 aliphatic carbocycles. The number of fused-ring (bicyclic) bond motifs is 1. The second kappa shape index (κ2) is 8.67. The second-order valence-corrected chi connectivity index (χ2v) is 10.2. The number of aliphatic hydroxyl groups is 1. The summed E-state index contributed by atoms with van der Waals surface area (Å²) in [4.78, 5) is 27.4. The summed E-state index contributed by atoms with van der Waals surface area (Å²) in [5, 5.41) is 27.7. The number of aryl methyl sites for hydroxylation is 1. The zero-order valence-electron chi connectivity index (χ0n) is 19.5. The Morgan fingerprint density at radius 1 is 1.22 bits per heavy atom. The highest BCUT2D eigenvalue weighted by Crippen LogP contribution is 2.56. The Labute approximate surface area is 190 Å². The monoisotopic (exact) mass is 443 g/mol. The number of hydrogen-bond acceptors (Lipinski definition) is 5. The van der Waals surface area contributed by atoms with Gasteiger partial charge in [0.25, 0.3) is 0 Å². The van der Waals surface area contributed by atoms with Crippen molar-refractivity contribution < 1.29 is 19.8 Å². The number of rotatable bonds is 5. The highest BCUT2D eigenvalue weighted by Gasteiger charge is 2.62. The van der Waals surface area contributed by atoms with Crippen LogP contribution in [0.3, 0.4) is 0 Å². The number of carbonyl (C=O) groups is 2. The number of piperidine rings is 1. The number of phenols is 1. The van der Waals surface area contributed by atoms with Crippen LogP contribution < -0.4 is 10.6 Å². The van der Waals surface area contributed by atoms with Gasteiger partial charge in [-0.05, 0) is 95.0 Å². The SMILES string of the molecule is CCNC(=O)NC(=O)C1CCC2(O)C(C)N(CC3CC3)CCC2(c2cc(O)ccc2C)C1. The lowest BCUT2D eigenvalue weighted by Crippen LogP contribution is -2.70. The van der Waals surface area contributed by atoms with E-state index in [0.29, 0.717) is 25.8 Å². The smallest absolute Gasteiger partial charge is 0.321 e. The molecule has 4 atom stereocenters. The van der Waals surface area contributed by atoms with E-state index < -0.39 is 17.0 Å². The van der Waals surface area contributed by atoms with Gasteiger partial charge in [-0.3, -0.25) is 15.0 Å². The molecule has 4 N–H and O–H groups in total. The molecule has 1 saturated heterocycles. The van der Waals surface area contributed by atoms with E-state index in [1.165, 1.54) is 12.8 Å². The fraction of sp³-hybridized carbons (Fsp3) is 0.680. The lowest BCUT2D eigenvalue weighted by Gasteiger charge is -2.61. The fourth-order valence-corrected chi connectivity index (χ4v) is 6.22. The Morgan fingerprint density at radius 3 is 2.66 bits per heavy atom. The van der Waals surface area contributed by atoms with Crippen molar-refractivity contribution in [3.05, 3.63) is 29.3 Å². The summed E-state index contributed by atoms with van der Waals surface area (Å²) in [5.74, 6) is 0.240. The predicted molar refractivity (Wildman–Crippen MR) is 122 cm³/mol. The number of aromatic hydroxyl groups is 1. The van der Waals surface area contributed by atoms with Gasteiger partial charge in [-0.15, -0.1) is 0 Å². The number of urea groups is 1. The van der Waals surface area contributed by atoms with Gasteiger partial charge in [0, 0.05) is 30.5 Å². The molecule has 2 saturated carbocycles. The molecular formula is C25H37N3O4. The van der Waals surface area contributed by atoms with Crippen LogP contribution in [0.5, 0.6) is 5.75 Å². The lowest BCUT2D eigenvalue weighted by atomic mass is 9.51. The van der Waals surface area contributed by atoms with Gasteiger partial charge < -0.3 is 15.5 Å². The molecule has 4 unspecified atom stereocenters. The van der Waals surface area contributed by atoms with E-state index in [4.69, 9.17) is 0 Å². The number of hydrogen-bond donors (Lipinski definition) is 4. The average Bonchev–Trinajstić information content (AvgIpc) is 3.57. The van der Waals surface area contributed by atoms with Crippen LogP contribution in [-0.2, 0) is 10.2 Å². The standard InChI is InChI=1S/C25H37N3O4/c1-4-26-23(31)27-22(30)19-9-10-25(32)17(3)28(15-18-6-7-18)12-11-24(25,14-19)21-13-20(29)8-5-16(21)2/h5,8,13,17-19,29,32H,4,6-7,9-12,14-15H2,1-3H3,(H2,26,27,30,31). The van der Waals surface area contributed by atoms with Crippen molar-refractivity contribution in [3.8, 4) is 5.75 Å². The maximum Gasteiger partial charge on any atom is 0.321 e. The third-order valence-corrected chi connectivity index (χ3v) is 8.23. The molecule has 0 aromatic heterocycles. The largest absolute Gasteiger partial charge is 0.508 e. The van der Waals surface area contributed by atoms with Crippen molar-refractivity contribution in [2.75, 3.05) is 19.6 Å². The molecule has 3 amide bonds. The van der Waals surface area contributed by atoms with E-state index in [1.54, 1.807) is 19.1 Å². The van der Waals surface area contributed by atoms with Gasteiger partial charge in [0.05, 0.1) is 5.60 Å². The molecule has 0 radical (unpaired) electrons. The second-order valence-electron chi connectivity index (χ2n) is 10.2. The molecule has 32 heavy (non-hydrogen) atoms. The van der Waals surface area contributed by atoms with Crippen molar-refractivity contribution in [1.29, 1.82) is 0 Å². The first kappa shape index (κ1) is 23.1. The minimum Gasteiger partial charge on any atom is -0.508 e. The lowest BCUT2D eigenvalue weighted by molar-refractivity contribution is -0.167. The molecule has 7 nitrogen and oxygen atoms in total. The zero-order valence-corrected chi connectivity index (χ0v) is 19.5. The predicted octanol–water partition coefficient (Wildman–Crippen LogP) is 2.82. The summed E-state index contributed by atoms with van der Waals surface area (Å²) in [6.45, 7) is 8.23. The van der Waals surface area contributed by atoms with Gasteiger partial charge in [0.1, 0.15) is 5.75 Å². The zero-order chi connectivity index (χ0) is 23.1. The van der Waals surface area contributed by atoms with Crippen molar-refractivity contribution in [1.82, 2.24) is 15.5 Å². The highest BCUT2D eigenvalue weighted by atomic mass is 16.3. The Kier molecular flexibility index (Phi) is 6.25. The van der Waals surface area contributed by atoms with E-state index in [2.05, 4.69) is 22.5 Å². The molecular weight excluding hydrogens is 406 g/mol. The number of nitrogens with zero attached hydrogens (tertiary/aromatic N) is 1. The number of amides is 3. The van der Waals surface area contributed by atoms with Gasteiger partial charge >= 0.3 is 6.03 Å². The minimum atomic E-state index is -1.01. The third kappa shape index (κ3) is 4.01. The average molecular weight is 444 g/mol. The molecule has 4 rings (SSSR count). The molecule has 176 valence electrons. The van der Waals surface area contributed by atoms with Crippen LogP contribution in [0.15, 0.2) is 18.2 Å². The summed E-state index contributed by atoms with van der Waals surface area (Å²) in [5.41, 5.74) is 0.264. The van der Waals surface area contributed by atoms with Crippen LogP contribution in [0, 0.1) is 18.8 Å². The van der Waals surface area contributed by atoms with Gasteiger partial charge in [-0.1, -0.05) is 6.07 Å². The van der Waals surface area contributed by atoms with Gasteiger partial charge in [-0.25, -0.2) is 4.79 Å². The van der Waals surface area contributed by atoms with Crippen LogP contribution in [0.4, 0.5) is 4.79 Å². The number of benzene rings is 1. The summed E-state index contributed by atoms with van der Waals surface area (Å²) < 4.78 is 0. The van der Waals surface area contributed by atoms with E-state index >= 15 is 0 Å². The number of likely N-dealkylation sites (tertiary alicyclic amines) is 1. The quantitative estimate of drug-likeness (QED) is 0.561. The minimum absolute atomic E-state index is 0.0500. The Balaban J connectivity index is 1.69. The summed E-state index contributed by atoms with van der Waals surface area (Å²) in [6, 6.07) is 4.80. The van der Waals surface area contributed by atoms with E-state index in [0.717, 1.165) is 36.6 Å². The van der Waals surface area contributed by atoms with Crippen molar-refractivity contribution in [2.45, 2.75) is 76.4 Å². The molecule has 7 heteroatoms. The van der Waals surface area contributed by atoms with Gasteiger partial charge in [0.15, 0.2) is 0 Å². The van der Waals surface area contributed by atoms with E-state index in [1.807, 2.05) is 13.0 Å². The first-order valence-corrected chi connectivity index (χ1v) is 12.1. The first-order valence-electron chi connectivity index (χ1n) is 12.1. The van der Waals surface area contributed by atoms with Crippen LogP contribution in [0.2, 0.25) is 0 Å². The van der Waals surface area contributed by atoms with Gasteiger partial charge in [-0.2, -0.15) is 0 Å². The summed E-state index contributed by atoms with van der Waals surface area (Å²) in [7, 11) is 0. The number of phenolic OH excluding ortho intramolecular Hbond substituents is 1. The number of nitrogens with one attached hydrogen (secondary N) is 2.